The minimum atomic E-state index is -0.949. The van der Waals surface area contributed by atoms with Crippen LogP contribution in [0.5, 0.6) is 0 Å². The topological polar surface area (TPSA) is 54.4 Å². The number of carboxylic acid groups (broad SMARTS) is 1. The summed E-state index contributed by atoms with van der Waals surface area (Å²) in [6.45, 7) is 1.51. The molecule has 0 aromatic heterocycles. The van der Waals surface area contributed by atoms with E-state index in [1.54, 1.807) is 18.2 Å². The molecule has 0 radical (unpaired) electrons. The molecule has 0 bridgehead atoms. The Morgan fingerprint density at radius 2 is 1.87 bits per heavy atom. The Hall–Kier alpha value is -1.90. The van der Waals surface area contributed by atoms with Crippen LogP contribution < -0.4 is 0 Å². The molecule has 15 heavy (non-hydrogen) atoms. The normalized spacial score (nSPS) is 10.5. The highest BCUT2D eigenvalue weighted by Gasteiger charge is 1.97. The van der Waals surface area contributed by atoms with Gasteiger partial charge in [-0.05, 0) is 18.9 Å². The lowest BCUT2D eigenvalue weighted by Gasteiger charge is -1.98. The van der Waals surface area contributed by atoms with Crippen molar-refractivity contribution in [1.82, 2.24) is 0 Å². The third-order valence-corrected chi connectivity index (χ3v) is 1.97. The third-order valence-electron chi connectivity index (χ3n) is 1.97. The first-order valence-electron chi connectivity index (χ1n) is 4.59. The highest BCUT2D eigenvalue weighted by Crippen LogP contribution is 2.06. The van der Waals surface area contributed by atoms with Gasteiger partial charge in [0.1, 0.15) is 0 Å². The van der Waals surface area contributed by atoms with Gasteiger partial charge in [-0.2, -0.15) is 0 Å². The molecule has 0 amide bonds. The maximum absolute atomic E-state index is 11.0. The van der Waals surface area contributed by atoms with E-state index < -0.39 is 5.97 Å². The summed E-state index contributed by atoms with van der Waals surface area (Å²) in [6, 6.07) is 7.13. The molecule has 0 aliphatic carbocycles. The third kappa shape index (κ3) is 3.77. The summed E-state index contributed by atoms with van der Waals surface area (Å²) in [7, 11) is 0. The highest BCUT2D eigenvalue weighted by molar-refractivity contribution is 5.94. The SMILES string of the molecule is CC(=O)c1ccc(C/C=C/C(=O)O)cc1. The van der Waals surface area contributed by atoms with Crippen molar-refractivity contribution >= 4 is 11.8 Å². The van der Waals surface area contributed by atoms with Gasteiger partial charge >= 0.3 is 5.97 Å². The fourth-order valence-electron chi connectivity index (χ4n) is 1.17. The summed E-state index contributed by atoms with van der Waals surface area (Å²) in [5, 5.41) is 8.38. The zero-order valence-electron chi connectivity index (χ0n) is 8.43. The Labute approximate surface area is 88.0 Å². The number of hydrogen-bond acceptors (Lipinski definition) is 2. The van der Waals surface area contributed by atoms with Crippen LogP contribution in [0.25, 0.3) is 0 Å². The molecule has 0 aliphatic heterocycles. The number of ketones is 1. The number of Topliss-reactive ketones (excluding diaryl/α,β-unsaturated/α-hetero) is 1. The lowest BCUT2D eigenvalue weighted by atomic mass is 10.1. The van der Waals surface area contributed by atoms with Crippen molar-refractivity contribution in [3.05, 3.63) is 47.5 Å². The number of aliphatic carboxylic acids is 1. The lowest BCUT2D eigenvalue weighted by Crippen LogP contribution is -1.92. The summed E-state index contributed by atoms with van der Waals surface area (Å²) in [5.74, 6) is -0.919. The van der Waals surface area contributed by atoms with Gasteiger partial charge in [0.05, 0.1) is 0 Å². The Kier molecular flexibility index (Phi) is 3.80. The molecular formula is C12H12O3. The molecule has 1 rings (SSSR count). The number of rotatable bonds is 4. The Morgan fingerprint density at radius 3 is 2.33 bits per heavy atom. The summed E-state index contributed by atoms with van der Waals surface area (Å²) >= 11 is 0. The van der Waals surface area contributed by atoms with Crippen LogP contribution in [0.3, 0.4) is 0 Å². The van der Waals surface area contributed by atoms with Crippen molar-refractivity contribution in [2.24, 2.45) is 0 Å². The number of carbonyl (C=O) groups is 2. The predicted octanol–water partition coefficient (Wildman–Crippen LogP) is 2.07. The van der Waals surface area contributed by atoms with E-state index in [2.05, 4.69) is 0 Å². The molecule has 0 saturated heterocycles. The Morgan fingerprint density at radius 1 is 1.27 bits per heavy atom. The molecule has 0 heterocycles. The predicted molar refractivity (Wildman–Crippen MR) is 56.9 cm³/mol. The summed E-state index contributed by atoms with van der Waals surface area (Å²) in [4.78, 5) is 21.2. The molecule has 3 nitrogen and oxygen atoms in total. The van der Waals surface area contributed by atoms with Crippen LogP contribution in [-0.2, 0) is 11.2 Å². The number of carboxylic acids is 1. The summed E-state index contributed by atoms with van der Waals surface area (Å²) in [6.07, 6.45) is 3.24. The molecule has 0 atom stereocenters. The van der Waals surface area contributed by atoms with E-state index >= 15 is 0 Å². The van der Waals surface area contributed by atoms with Gasteiger partial charge in [-0.3, -0.25) is 4.79 Å². The first-order chi connectivity index (χ1) is 7.09. The van der Waals surface area contributed by atoms with E-state index in [0.29, 0.717) is 12.0 Å². The van der Waals surface area contributed by atoms with Crippen molar-refractivity contribution in [2.75, 3.05) is 0 Å². The van der Waals surface area contributed by atoms with Gasteiger partial charge in [-0.1, -0.05) is 30.3 Å². The summed E-state index contributed by atoms with van der Waals surface area (Å²) in [5.41, 5.74) is 1.65. The van der Waals surface area contributed by atoms with E-state index in [4.69, 9.17) is 5.11 Å². The molecule has 0 aliphatic rings. The molecule has 78 valence electrons. The first kappa shape index (κ1) is 11.2. The Balaban J connectivity index is 2.65. The van der Waals surface area contributed by atoms with E-state index in [0.717, 1.165) is 11.6 Å². The van der Waals surface area contributed by atoms with Crippen LogP contribution in [0.4, 0.5) is 0 Å². The fraction of sp³-hybridized carbons (Fsp3) is 0.167. The maximum atomic E-state index is 11.0. The molecule has 3 heteroatoms. The average Bonchev–Trinajstić information content (AvgIpc) is 2.18. The molecule has 0 saturated carbocycles. The van der Waals surface area contributed by atoms with Crippen LogP contribution in [0.1, 0.15) is 22.8 Å². The molecule has 0 fully saturated rings. The minimum Gasteiger partial charge on any atom is -0.478 e. The number of allylic oxidation sites excluding steroid dienone is 1. The van der Waals surface area contributed by atoms with Crippen molar-refractivity contribution in [3.8, 4) is 0 Å². The van der Waals surface area contributed by atoms with Crippen LogP contribution in [0, 0.1) is 0 Å². The first-order valence-corrected chi connectivity index (χ1v) is 4.59. The quantitative estimate of drug-likeness (QED) is 0.603. The van der Waals surface area contributed by atoms with Gasteiger partial charge in [0, 0.05) is 11.6 Å². The van der Waals surface area contributed by atoms with E-state index in [-0.39, 0.29) is 5.78 Å². The second-order valence-corrected chi connectivity index (χ2v) is 3.20. The molecule has 1 aromatic rings. The smallest absolute Gasteiger partial charge is 0.327 e. The van der Waals surface area contributed by atoms with Crippen molar-refractivity contribution < 1.29 is 14.7 Å². The van der Waals surface area contributed by atoms with E-state index in [1.165, 1.54) is 6.92 Å². The van der Waals surface area contributed by atoms with Crippen molar-refractivity contribution in [3.63, 3.8) is 0 Å². The molecule has 1 N–H and O–H groups in total. The maximum Gasteiger partial charge on any atom is 0.327 e. The van der Waals surface area contributed by atoms with Crippen LogP contribution >= 0.6 is 0 Å². The fourth-order valence-corrected chi connectivity index (χ4v) is 1.17. The van der Waals surface area contributed by atoms with Gasteiger partial charge in [0.25, 0.3) is 0 Å². The van der Waals surface area contributed by atoms with Gasteiger partial charge in [-0.25, -0.2) is 4.79 Å². The van der Waals surface area contributed by atoms with E-state index in [9.17, 15) is 9.59 Å². The van der Waals surface area contributed by atoms with Gasteiger partial charge < -0.3 is 5.11 Å². The van der Waals surface area contributed by atoms with E-state index in [1.807, 2.05) is 12.1 Å². The second kappa shape index (κ2) is 5.10. The monoisotopic (exact) mass is 204 g/mol. The Bertz CT molecular complexity index is 388. The second-order valence-electron chi connectivity index (χ2n) is 3.20. The summed E-state index contributed by atoms with van der Waals surface area (Å²) < 4.78 is 0. The standard InChI is InChI=1S/C12H12O3/c1-9(13)11-7-5-10(6-8-11)3-2-4-12(14)15/h2,4-8H,3H2,1H3,(H,14,15)/b4-2+. The molecular weight excluding hydrogens is 192 g/mol. The number of benzene rings is 1. The van der Waals surface area contributed by atoms with Gasteiger partial charge in [0.15, 0.2) is 5.78 Å². The molecule has 0 unspecified atom stereocenters. The van der Waals surface area contributed by atoms with Crippen LogP contribution in [0.2, 0.25) is 0 Å². The number of hydrogen-bond donors (Lipinski definition) is 1. The van der Waals surface area contributed by atoms with Crippen LogP contribution in [-0.4, -0.2) is 16.9 Å². The van der Waals surface area contributed by atoms with Crippen LogP contribution in [0.15, 0.2) is 36.4 Å². The van der Waals surface area contributed by atoms with Gasteiger partial charge in [0.2, 0.25) is 0 Å². The number of carbonyl (C=O) groups excluding carboxylic acids is 1. The lowest BCUT2D eigenvalue weighted by molar-refractivity contribution is -0.131. The highest BCUT2D eigenvalue weighted by atomic mass is 16.4. The largest absolute Gasteiger partial charge is 0.478 e. The zero-order chi connectivity index (χ0) is 11.3. The van der Waals surface area contributed by atoms with Gasteiger partial charge in [-0.15, -0.1) is 0 Å². The van der Waals surface area contributed by atoms with Crippen molar-refractivity contribution in [2.45, 2.75) is 13.3 Å². The minimum absolute atomic E-state index is 0.0302. The molecule has 0 spiro atoms. The molecule has 1 aromatic carbocycles. The average molecular weight is 204 g/mol. The zero-order valence-corrected chi connectivity index (χ0v) is 8.43. The van der Waals surface area contributed by atoms with Crippen molar-refractivity contribution in [1.29, 1.82) is 0 Å².